The fourth-order valence-corrected chi connectivity index (χ4v) is 3.22. The number of aryl methyl sites for hydroxylation is 2. The summed E-state index contributed by atoms with van der Waals surface area (Å²) in [7, 11) is 0. The first kappa shape index (κ1) is 11.7. The van der Waals surface area contributed by atoms with Crippen LogP contribution in [-0.4, -0.2) is 24.5 Å². The maximum Gasteiger partial charge on any atom is 0.228 e. The second-order valence-electron chi connectivity index (χ2n) is 5.53. The summed E-state index contributed by atoms with van der Waals surface area (Å²) in [5, 5.41) is 3.48. The van der Waals surface area contributed by atoms with E-state index in [1.807, 2.05) is 4.90 Å². The standard InChI is InChI=1S/C15H20N2O/c1-10-5-6-11(2)14(8-10)17-13-4-3-7-16-12(13)9-15(17)18/h5-6,8,12-13,16H,3-4,7,9H2,1-2H3. The van der Waals surface area contributed by atoms with Crippen molar-refractivity contribution >= 4 is 11.6 Å². The molecule has 0 aromatic heterocycles. The Kier molecular flexibility index (Phi) is 2.86. The largest absolute Gasteiger partial charge is 0.311 e. The number of nitrogens with one attached hydrogen (secondary N) is 1. The van der Waals surface area contributed by atoms with Crippen molar-refractivity contribution in [2.24, 2.45) is 0 Å². The van der Waals surface area contributed by atoms with E-state index in [0.717, 1.165) is 25.1 Å². The molecule has 2 saturated heterocycles. The minimum Gasteiger partial charge on any atom is -0.311 e. The van der Waals surface area contributed by atoms with E-state index in [9.17, 15) is 4.79 Å². The molecular formula is C15H20N2O. The molecule has 2 fully saturated rings. The normalized spacial score (nSPS) is 27.4. The number of hydrogen-bond donors (Lipinski definition) is 1. The summed E-state index contributed by atoms with van der Waals surface area (Å²) in [6.07, 6.45) is 2.94. The van der Waals surface area contributed by atoms with E-state index in [1.54, 1.807) is 0 Å². The van der Waals surface area contributed by atoms with Gasteiger partial charge in [-0.2, -0.15) is 0 Å². The Bertz CT molecular complexity index is 483. The van der Waals surface area contributed by atoms with Crippen molar-refractivity contribution in [1.29, 1.82) is 0 Å². The van der Waals surface area contributed by atoms with E-state index >= 15 is 0 Å². The number of fused-ring (bicyclic) bond motifs is 1. The molecule has 1 aromatic carbocycles. The van der Waals surface area contributed by atoms with Crippen molar-refractivity contribution in [3.63, 3.8) is 0 Å². The molecule has 2 heterocycles. The van der Waals surface area contributed by atoms with Gasteiger partial charge in [0.1, 0.15) is 0 Å². The van der Waals surface area contributed by atoms with Gasteiger partial charge in [0.2, 0.25) is 5.91 Å². The number of nitrogens with zero attached hydrogens (tertiary/aromatic N) is 1. The number of anilines is 1. The predicted molar refractivity (Wildman–Crippen MR) is 72.8 cm³/mol. The topological polar surface area (TPSA) is 32.3 Å². The lowest BCUT2D eigenvalue weighted by atomic mass is 9.98. The zero-order chi connectivity index (χ0) is 12.7. The van der Waals surface area contributed by atoms with Crippen LogP contribution in [0, 0.1) is 13.8 Å². The molecule has 3 heteroatoms. The van der Waals surface area contributed by atoms with E-state index in [1.165, 1.54) is 11.1 Å². The highest BCUT2D eigenvalue weighted by molar-refractivity contribution is 5.98. The lowest BCUT2D eigenvalue weighted by Crippen LogP contribution is -2.47. The average Bonchev–Trinajstić information content (AvgIpc) is 2.68. The van der Waals surface area contributed by atoms with Crippen LogP contribution in [0.2, 0.25) is 0 Å². The van der Waals surface area contributed by atoms with Gasteiger partial charge in [-0.25, -0.2) is 0 Å². The first-order chi connectivity index (χ1) is 8.66. The van der Waals surface area contributed by atoms with Crippen LogP contribution in [0.4, 0.5) is 5.69 Å². The Labute approximate surface area is 108 Å². The maximum atomic E-state index is 12.3. The number of hydrogen-bond acceptors (Lipinski definition) is 2. The predicted octanol–water partition coefficient (Wildman–Crippen LogP) is 2.16. The summed E-state index contributed by atoms with van der Waals surface area (Å²) in [6, 6.07) is 7.07. The summed E-state index contributed by atoms with van der Waals surface area (Å²) >= 11 is 0. The van der Waals surface area contributed by atoms with Gasteiger partial charge in [-0.3, -0.25) is 4.79 Å². The SMILES string of the molecule is Cc1ccc(C)c(N2C(=O)CC3NCCCC32)c1. The third-order valence-electron chi connectivity index (χ3n) is 4.17. The van der Waals surface area contributed by atoms with Gasteiger partial charge < -0.3 is 10.2 Å². The highest BCUT2D eigenvalue weighted by atomic mass is 16.2. The van der Waals surface area contributed by atoms with Crippen LogP contribution in [-0.2, 0) is 4.79 Å². The molecule has 2 atom stereocenters. The fraction of sp³-hybridized carbons (Fsp3) is 0.533. The van der Waals surface area contributed by atoms with Crippen molar-refractivity contribution in [1.82, 2.24) is 5.32 Å². The highest BCUT2D eigenvalue weighted by Crippen LogP contribution is 2.33. The van der Waals surface area contributed by atoms with Gasteiger partial charge in [-0.15, -0.1) is 0 Å². The molecule has 1 N–H and O–H groups in total. The third kappa shape index (κ3) is 1.83. The smallest absolute Gasteiger partial charge is 0.228 e. The van der Waals surface area contributed by atoms with Gasteiger partial charge >= 0.3 is 0 Å². The second kappa shape index (κ2) is 4.39. The summed E-state index contributed by atoms with van der Waals surface area (Å²) < 4.78 is 0. The van der Waals surface area contributed by atoms with Crippen LogP contribution < -0.4 is 10.2 Å². The number of carbonyl (C=O) groups is 1. The lowest BCUT2D eigenvalue weighted by Gasteiger charge is -2.33. The first-order valence-corrected chi connectivity index (χ1v) is 6.79. The third-order valence-corrected chi connectivity index (χ3v) is 4.17. The molecule has 0 bridgehead atoms. The molecule has 0 saturated carbocycles. The van der Waals surface area contributed by atoms with E-state index in [-0.39, 0.29) is 5.91 Å². The van der Waals surface area contributed by atoms with Crippen molar-refractivity contribution in [3.05, 3.63) is 29.3 Å². The molecule has 0 aliphatic carbocycles. The monoisotopic (exact) mass is 244 g/mol. The summed E-state index contributed by atoms with van der Waals surface area (Å²) in [4.78, 5) is 14.3. The van der Waals surface area contributed by atoms with Gasteiger partial charge in [0.15, 0.2) is 0 Å². The zero-order valence-corrected chi connectivity index (χ0v) is 11.1. The molecular weight excluding hydrogens is 224 g/mol. The molecule has 2 aliphatic heterocycles. The molecule has 3 rings (SSSR count). The lowest BCUT2D eigenvalue weighted by molar-refractivity contribution is -0.117. The van der Waals surface area contributed by atoms with Gasteiger partial charge in [0.25, 0.3) is 0 Å². The van der Waals surface area contributed by atoms with Crippen molar-refractivity contribution in [2.45, 2.75) is 45.2 Å². The van der Waals surface area contributed by atoms with Crippen molar-refractivity contribution in [2.75, 3.05) is 11.4 Å². The van der Waals surface area contributed by atoms with Crippen LogP contribution in [0.3, 0.4) is 0 Å². The van der Waals surface area contributed by atoms with Crippen LogP contribution in [0.25, 0.3) is 0 Å². The second-order valence-corrected chi connectivity index (χ2v) is 5.53. The molecule has 1 aromatic rings. The Morgan fingerprint density at radius 1 is 1.33 bits per heavy atom. The first-order valence-electron chi connectivity index (χ1n) is 6.79. The minimum absolute atomic E-state index is 0.271. The van der Waals surface area contributed by atoms with Crippen LogP contribution in [0.1, 0.15) is 30.4 Å². The summed E-state index contributed by atoms with van der Waals surface area (Å²) in [5.41, 5.74) is 3.52. The molecule has 18 heavy (non-hydrogen) atoms. The number of piperidine rings is 1. The Hall–Kier alpha value is -1.35. The summed E-state index contributed by atoms with van der Waals surface area (Å²) in [6.45, 7) is 5.22. The molecule has 1 amide bonds. The van der Waals surface area contributed by atoms with E-state index in [2.05, 4.69) is 37.4 Å². The fourth-order valence-electron chi connectivity index (χ4n) is 3.22. The molecule has 0 spiro atoms. The Balaban J connectivity index is 1.99. The number of amides is 1. The molecule has 2 unspecified atom stereocenters. The van der Waals surface area contributed by atoms with E-state index in [0.29, 0.717) is 18.5 Å². The van der Waals surface area contributed by atoms with Gasteiger partial charge in [0, 0.05) is 18.2 Å². The van der Waals surface area contributed by atoms with Gasteiger partial charge in [-0.1, -0.05) is 12.1 Å². The van der Waals surface area contributed by atoms with Crippen molar-refractivity contribution < 1.29 is 4.79 Å². The molecule has 2 aliphatic rings. The Morgan fingerprint density at radius 2 is 2.17 bits per heavy atom. The van der Waals surface area contributed by atoms with Gasteiger partial charge in [0.05, 0.1) is 6.04 Å². The van der Waals surface area contributed by atoms with Crippen LogP contribution in [0.15, 0.2) is 18.2 Å². The van der Waals surface area contributed by atoms with Crippen molar-refractivity contribution in [3.8, 4) is 0 Å². The Morgan fingerprint density at radius 3 is 3.00 bits per heavy atom. The molecule has 96 valence electrons. The molecule has 0 radical (unpaired) electrons. The minimum atomic E-state index is 0.271. The van der Waals surface area contributed by atoms with Gasteiger partial charge in [-0.05, 0) is 50.4 Å². The maximum absolute atomic E-state index is 12.3. The van der Waals surface area contributed by atoms with E-state index in [4.69, 9.17) is 0 Å². The number of rotatable bonds is 1. The average molecular weight is 244 g/mol. The zero-order valence-electron chi connectivity index (χ0n) is 11.1. The quantitative estimate of drug-likeness (QED) is 0.821. The van der Waals surface area contributed by atoms with Crippen LogP contribution in [0.5, 0.6) is 0 Å². The number of benzene rings is 1. The molecule has 3 nitrogen and oxygen atoms in total. The summed E-state index contributed by atoms with van der Waals surface area (Å²) in [5.74, 6) is 0.271. The number of carbonyl (C=O) groups excluding carboxylic acids is 1. The highest BCUT2D eigenvalue weighted by Gasteiger charge is 2.41. The van der Waals surface area contributed by atoms with Crippen LogP contribution >= 0.6 is 0 Å². The van der Waals surface area contributed by atoms with E-state index < -0.39 is 0 Å².